The summed E-state index contributed by atoms with van der Waals surface area (Å²) in [6.45, 7) is 3.36. The molecule has 0 unspecified atom stereocenters. The van der Waals surface area contributed by atoms with Crippen LogP contribution >= 0.6 is 23.4 Å². The highest BCUT2D eigenvalue weighted by atomic mass is 35.5. The Bertz CT molecular complexity index is 662. The molecule has 116 valence electrons. The summed E-state index contributed by atoms with van der Waals surface area (Å²) in [5.41, 5.74) is 1.60. The van der Waals surface area contributed by atoms with Gasteiger partial charge in [-0.1, -0.05) is 29.4 Å². The molecular weight excluding hydrogens is 322 g/mol. The molecule has 2 heterocycles. The highest BCUT2D eigenvalue weighted by Crippen LogP contribution is 2.31. The average molecular weight is 338 g/mol. The molecule has 1 fully saturated rings. The van der Waals surface area contributed by atoms with Crippen molar-refractivity contribution < 1.29 is 9.59 Å². The summed E-state index contributed by atoms with van der Waals surface area (Å²) in [6, 6.07) is 5.37. The number of fused-ring (bicyclic) bond motifs is 1. The van der Waals surface area contributed by atoms with Crippen LogP contribution in [0.4, 0.5) is 5.69 Å². The van der Waals surface area contributed by atoms with Gasteiger partial charge in [0.25, 0.3) is 0 Å². The Morgan fingerprint density at radius 2 is 2.36 bits per heavy atom. The molecule has 1 saturated heterocycles. The van der Waals surface area contributed by atoms with E-state index in [4.69, 9.17) is 11.6 Å². The van der Waals surface area contributed by atoms with Crippen LogP contribution in [0.5, 0.6) is 0 Å². The fraction of sp³-hybridized carbons (Fsp3) is 0.400. The molecule has 2 amide bonds. The van der Waals surface area contributed by atoms with Gasteiger partial charge in [-0.3, -0.25) is 19.5 Å². The quantitative estimate of drug-likeness (QED) is 0.922. The van der Waals surface area contributed by atoms with E-state index in [0.29, 0.717) is 17.3 Å². The van der Waals surface area contributed by atoms with Crippen LogP contribution in [-0.4, -0.2) is 40.2 Å². The van der Waals surface area contributed by atoms with E-state index in [9.17, 15) is 9.59 Å². The third-order valence-corrected chi connectivity index (χ3v) is 5.25. The van der Waals surface area contributed by atoms with Gasteiger partial charge < -0.3 is 5.32 Å². The monoisotopic (exact) mass is 337 g/mol. The van der Waals surface area contributed by atoms with Crippen molar-refractivity contribution in [3.8, 4) is 0 Å². The number of thioether (sulfide) groups is 1. The lowest BCUT2D eigenvalue weighted by molar-refractivity contribution is -0.128. The number of hydrogen-bond donors (Lipinski definition) is 1. The summed E-state index contributed by atoms with van der Waals surface area (Å²) < 4.78 is 0. The van der Waals surface area contributed by atoms with Crippen molar-refractivity contribution in [1.82, 2.24) is 4.90 Å². The van der Waals surface area contributed by atoms with E-state index >= 15 is 0 Å². The fourth-order valence-electron chi connectivity index (χ4n) is 2.42. The van der Waals surface area contributed by atoms with E-state index in [-0.39, 0.29) is 23.5 Å². The Kier molecular flexibility index (Phi) is 4.40. The molecule has 2 aliphatic rings. The van der Waals surface area contributed by atoms with Gasteiger partial charge in [0, 0.05) is 30.2 Å². The number of amides is 2. The van der Waals surface area contributed by atoms with Crippen molar-refractivity contribution in [3.05, 3.63) is 28.8 Å². The number of aliphatic imine (C=N–C) groups is 1. The zero-order chi connectivity index (χ0) is 15.7. The van der Waals surface area contributed by atoms with E-state index in [2.05, 4.69) is 10.3 Å². The highest BCUT2D eigenvalue weighted by Gasteiger charge is 2.39. The van der Waals surface area contributed by atoms with Crippen LogP contribution in [0.1, 0.15) is 18.4 Å². The first-order valence-corrected chi connectivity index (χ1v) is 8.39. The summed E-state index contributed by atoms with van der Waals surface area (Å²) >= 11 is 7.43. The summed E-state index contributed by atoms with van der Waals surface area (Å²) in [5.74, 6) is -0.202. The summed E-state index contributed by atoms with van der Waals surface area (Å²) in [7, 11) is 0. The Morgan fingerprint density at radius 3 is 3.09 bits per heavy atom. The van der Waals surface area contributed by atoms with Crippen LogP contribution in [0, 0.1) is 6.92 Å². The van der Waals surface area contributed by atoms with Crippen molar-refractivity contribution >= 4 is 46.0 Å². The number of carbonyl (C=O) groups excluding carboxylic acids is 2. The Labute approximate surface area is 138 Å². The first-order valence-electron chi connectivity index (χ1n) is 7.13. The number of hydrogen-bond acceptors (Lipinski definition) is 4. The van der Waals surface area contributed by atoms with Crippen LogP contribution in [0.15, 0.2) is 23.2 Å². The molecule has 0 bridgehead atoms. The largest absolute Gasteiger partial charge is 0.326 e. The normalized spacial score (nSPS) is 20.6. The molecule has 0 spiro atoms. The van der Waals surface area contributed by atoms with Crippen LogP contribution in [0.2, 0.25) is 5.02 Å². The molecule has 1 N–H and O–H groups in total. The van der Waals surface area contributed by atoms with Crippen molar-refractivity contribution in [2.45, 2.75) is 25.0 Å². The van der Waals surface area contributed by atoms with Crippen LogP contribution in [0.25, 0.3) is 0 Å². The third kappa shape index (κ3) is 3.13. The van der Waals surface area contributed by atoms with E-state index < -0.39 is 0 Å². The smallest absolute Gasteiger partial charge is 0.242 e. The summed E-state index contributed by atoms with van der Waals surface area (Å²) in [5, 5.41) is 3.78. The molecule has 22 heavy (non-hydrogen) atoms. The predicted octanol–water partition coefficient (Wildman–Crippen LogP) is 2.68. The number of nitrogens with zero attached hydrogens (tertiary/aromatic N) is 2. The van der Waals surface area contributed by atoms with Crippen molar-refractivity contribution in [2.24, 2.45) is 4.99 Å². The van der Waals surface area contributed by atoms with E-state index in [1.807, 2.05) is 13.0 Å². The lowest BCUT2D eigenvalue weighted by Gasteiger charge is -2.19. The van der Waals surface area contributed by atoms with E-state index in [0.717, 1.165) is 23.7 Å². The average Bonchev–Trinajstić information content (AvgIpc) is 2.80. The van der Waals surface area contributed by atoms with Gasteiger partial charge in [0.05, 0.1) is 0 Å². The fourth-order valence-corrected chi connectivity index (χ4v) is 3.79. The van der Waals surface area contributed by atoms with Gasteiger partial charge in [-0.2, -0.15) is 0 Å². The van der Waals surface area contributed by atoms with Crippen LogP contribution in [-0.2, 0) is 9.59 Å². The summed E-state index contributed by atoms with van der Waals surface area (Å²) in [6.07, 6.45) is 1.03. The molecule has 2 aliphatic heterocycles. The number of nitrogens with one attached hydrogen (secondary N) is 1. The highest BCUT2D eigenvalue weighted by molar-refractivity contribution is 8.15. The molecular formula is C15H16ClN3O2S. The van der Waals surface area contributed by atoms with Crippen molar-refractivity contribution in [3.63, 3.8) is 0 Å². The standard InChI is InChI=1S/C15H16ClN3O2S/c1-9-3-4-10(7-11(9)16)18-13(20)8-12-14(21)19-6-2-5-17-15(19)22-12/h3-4,7,12H,2,5-6,8H2,1H3,(H,18,20)/t12-/m1/s1. The topological polar surface area (TPSA) is 61.8 Å². The molecule has 0 aromatic heterocycles. The van der Waals surface area contributed by atoms with Gasteiger partial charge in [-0.15, -0.1) is 0 Å². The first-order chi connectivity index (χ1) is 10.5. The van der Waals surface area contributed by atoms with Gasteiger partial charge >= 0.3 is 0 Å². The predicted molar refractivity (Wildman–Crippen MR) is 89.4 cm³/mol. The zero-order valence-corrected chi connectivity index (χ0v) is 13.7. The van der Waals surface area contributed by atoms with Gasteiger partial charge in [-0.05, 0) is 31.0 Å². The molecule has 0 radical (unpaired) electrons. The molecule has 1 aromatic rings. The first kappa shape index (κ1) is 15.4. The SMILES string of the molecule is Cc1ccc(NC(=O)C[C@H]2SC3=NCCCN3C2=O)cc1Cl. The van der Waals surface area contributed by atoms with E-state index in [1.165, 1.54) is 11.8 Å². The second kappa shape index (κ2) is 6.30. The molecule has 0 aliphatic carbocycles. The lowest BCUT2D eigenvalue weighted by atomic mass is 10.2. The molecule has 5 nitrogen and oxygen atoms in total. The van der Waals surface area contributed by atoms with Gasteiger partial charge in [-0.25, -0.2) is 0 Å². The number of anilines is 1. The third-order valence-electron chi connectivity index (χ3n) is 3.63. The van der Waals surface area contributed by atoms with Gasteiger partial charge in [0.15, 0.2) is 5.17 Å². The minimum atomic E-state index is -0.377. The summed E-state index contributed by atoms with van der Waals surface area (Å²) in [4.78, 5) is 30.4. The van der Waals surface area contributed by atoms with Crippen LogP contribution in [0.3, 0.4) is 0 Å². The van der Waals surface area contributed by atoms with Gasteiger partial charge in [0.2, 0.25) is 11.8 Å². The second-order valence-electron chi connectivity index (χ2n) is 5.33. The van der Waals surface area contributed by atoms with Gasteiger partial charge in [0.1, 0.15) is 5.25 Å². The van der Waals surface area contributed by atoms with E-state index in [1.54, 1.807) is 17.0 Å². The molecule has 1 atom stereocenters. The zero-order valence-electron chi connectivity index (χ0n) is 12.1. The minimum Gasteiger partial charge on any atom is -0.326 e. The molecule has 1 aromatic carbocycles. The Hall–Kier alpha value is -1.53. The second-order valence-corrected chi connectivity index (χ2v) is 6.91. The number of halogens is 1. The Morgan fingerprint density at radius 1 is 1.55 bits per heavy atom. The molecule has 0 saturated carbocycles. The van der Waals surface area contributed by atoms with Crippen LogP contribution < -0.4 is 5.32 Å². The maximum absolute atomic E-state index is 12.2. The number of aryl methyl sites for hydroxylation is 1. The lowest BCUT2D eigenvalue weighted by Crippen LogP contribution is -2.36. The maximum atomic E-state index is 12.2. The Balaban J connectivity index is 1.62. The molecule has 7 heteroatoms. The number of benzene rings is 1. The minimum absolute atomic E-state index is 0.0134. The molecule has 3 rings (SSSR count). The maximum Gasteiger partial charge on any atom is 0.242 e. The van der Waals surface area contributed by atoms with Crippen molar-refractivity contribution in [2.75, 3.05) is 18.4 Å². The van der Waals surface area contributed by atoms with Crippen molar-refractivity contribution in [1.29, 1.82) is 0 Å². The number of carbonyl (C=O) groups is 2. The number of amidine groups is 1. The number of rotatable bonds is 3.